The monoisotopic (exact) mass is 431 g/mol. The summed E-state index contributed by atoms with van der Waals surface area (Å²) in [5.41, 5.74) is 6.83. The van der Waals surface area contributed by atoms with Crippen molar-refractivity contribution in [1.82, 2.24) is 15.1 Å². The Hall–Kier alpha value is -2.09. The highest BCUT2D eigenvalue weighted by molar-refractivity contribution is 6.30. The number of hydrogen-bond donors (Lipinski definition) is 3. The van der Waals surface area contributed by atoms with E-state index in [1.807, 2.05) is 16.8 Å². The molecule has 0 radical (unpaired) electrons. The second kappa shape index (κ2) is 9.37. The zero-order chi connectivity index (χ0) is 21.1. The summed E-state index contributed by atoms with van der Waals surface area (Å²) in [6.45, 7) is 3.98. The fourth-order valence-corrected chi connectivity index (χ4v) is 4.75. The topological polar surface area (TPSA) is 94.2 Å². The van der Waals surface area contributed by atoms with Crippen LogP contribution in [0.1, 0.15) is 55.4 Å². The van der Waals surface area contributed by atoms with Crippen LogP contribution in [-0.2, 0) is 4.74 Å². The predicted octanol–water partition coefficient (Wildman–Crippen LogP) is 3.88. The normalized spacial score (nSPS) is 25.2. The zero-order valence-electron chi connectivity index (χ0n) is 17.3. The summed E-state index contributed by atoms with van der Waals surface area (Å²) in [5, 5.41) is 12.4. The number of benzene rings is 1. The van der Waals surface area contributed by atoms with Crippen molar-refractivity contribution in [3.63, 3.8) is 0 Å². The van der Waals surface area contributed by atoms with E-state index in [-0.39, 0.29) is 6.04 Å². The third-order valence-corrected chi connectivity index (χ3v) is 6.51. The lowest BCUT2D eigenvalue weighted by molar-refractivity contribution is 0.0699. The Morgan fingerprint density at radius 2 is 1.90 bits per heavy atom. The molecular formula is C22H30ClN5O2. The summed E-state index contributed by atoms with van der Waals surface area (Å²) in [4.78, 5) is 12.0. The van der Waals surface area contributed by atoms with Gasteiger partial charge in [0, 0.05) is 42.2 Å². The van der Waals surface area contributed by atoms with Gasteiger partial charge in [-0.1, -0.05) is 18.5 Å². The lowest BCUT2D eigenvalue weighted by Gasteiger charge is -2.37. The van der Waals surface area contributed by atoms with Crippen LogP contribution in [-0.4, -0.2) is 41.0 Å². The highest BCUT2D eigenvalue weighted by atomic mass is 35.5. The molecule has 0 spiro atoms. The molecule has 1 aliphatic heterocycles. The lowest BCUT2D eigenvalue weighted by atomic mass is 9.82. The number of ether oxygens (including phenoxy) is 1. The molecule has 1 aromatic carbocycles. The van der Waals surface area contributed by atoms with Gasteiger partial charge in [-0.3, -0.25) is 9.48 Å². The third-order valence-electron chi connectivity index (χ3n) is 6.26. The molecule has 2 heterocycles. The molecule has 2 aliphatic rings. The molecular weight excluding hydrogens is 402 g/mol. The quantitative estimate of drug-likeness (QED) is 0.645. The Bertz CT molecular complexity index is 863. The maximum absolute atomic E-state index is 12.0. The van der Waals surface area contributed by atoms with Gasteiger partial charge in [0.25, 0.3) is 5.91 Å². The van der Waals surface area contributed by atoms with Gasteiger partial charge in [-0.05, 0) is 62.3 Å². The predicted molar refractivity (Wildman–Crippen MR) is 118 cm³/mol. The molecule has 1 aromatic heterocycles. The first-order chi connectivity index (χ1) is 14.5. The summed E-state index contributed by atoms with van der Waals surface area (Å²) in [6.07, 6.45) is 7.17. The van der Waals surface area contributed by atoms with Crippen LogP contribution in [0.15, 0.2) is 30.5 Å². The number of anilines is 2. The van der Waals surface area contributed by atoms with E-state index in [0.29, 0.717) is 34.4 Å². The Morgan fingerprint density at radius 1 is 1.17 bits per heavy atom. The van der Waals surface area contributed by atoms with Crippen LogP contribution in [0.2, 0.25) is 5.02 Å². The average Bonchev–Trinajstić information content (AvgIpc) is 3.14. The van der Waals surface area contributed by atoms with Crippen molar-refractivity contribution in [3.05, 3.63) is 41.0 Å². The lowest BCUT2D eigenvalue weighted by Crippen LogP contribution is -2.45. The van der Waals surface area contributed by atoms with Crippen LogP contribution in [0, 0.1) is 5.92 Å². The largest absolute Gasteiger partial charge is 0.381 e. The second-order valence-corrected chi connectivity index (χ2v) is 8.91. The van der Waals surface area contributed by atoms with Crippen molar-refractivity contribution < 1.29 is 9.53 Å². The zero-order valence-corrected chi connectivity index (χ0v) is 18.1. The first kappa shape index (κ1) is 21.2. The summed E-state index contributed by atoms with van der Waals surface area (Å²) < 4.78 is 7.39. The fraction of sp³-hybridized carbons (Fsp3) is 0.545. The minimum absolute atomic E-state index is 0.247. The average molecular weight is 432 g/mol. The van der Waals surface area contributed by atoms with Gasteiger partial charge in [-0.15, -0.1) is 0 Å². The summed E-state index contributed by atoms with van der Waals surface area (Å²) in [5.74, 6) is 0.444. The summed E-state index contributed by atoms with van der Waals surface area (Å²) >= 11 is 5.96. The molecule has 4 N–H and O–H groups in total. The van der Waals surface area contributed by atoms with Crippen molar-refractivity contribution >= 4 is 29.0 Å². The molecule has 1 unspecified atom stereocenters. The van der Waals surface area contributed by atoms with Gasteiger partial charge in [0.2, 0.25) is 0 Å². The Labute approximate surface area is 182 Å². The van der Waals surface area contributed by atoms with Crippen LogP contribution in [0.3, 0.4) is 0 Å². The van der Waals surface area contributed by atoms with Gasteiger partial charge < -0.3 is 21.1 Å². The number of carbonyl (C=O) groups is 1. The molecule has 3 atom stereocenters. The third kappa shape index (κ3) is 4.96. The number of amides is 1. The van der Waals surface area contributed by atoms with E-state index in [4.69, 9.17) is 27.2 Å². The number of rotatable bonds is 6. The Morgan fingerprint density at radius 3 is 2.57 bits per heavy atom. The van der Waals surface area contributed by atoms with Crippen LogP contribution < -0.4 is 16.4 Å². The van der Waals surface area contributed by atoms with E-state index < -0.39 is 5.91 Å². The SMILES string of the molecule is C[C@H]1C[C@@H](NC2CCOCC2)CCC1n1cc(C(N)=O)c(Nc2ccc(Cl)cc2)n1. The van der Waals surface area contributed by atoms with Crippen molar-refractivity contribution in [2.24, 2.45) is 11.7 Å². The highest BCUT2D eigenvalue weighted by Crippen LogP contribution is 2.35. The molecule has 1 saturated carbocycles. The molecule has 4 rings (SSSR count). The van der Waals surface area contributed by atoms with Gasteiger partial charge in [0.15, 0.2) is 5.82 Å². The molecule has 1 saturated heterocycles. The van der Waals surface area contributed by atoms with Gasteiger partial charge in [-0.25, -0.2) is 0 Å². The number of primary amides is 1. The van der Waals surface area contributed by atoms with E-state index >= 15 is 0 Å². The van der Waals surface area contributed by atoms with Crippen LogP contribution in [0.25, 0.3) is 0 Å². The van der Waals surface area contributed by atoms with E-state index in [1.54, 1.807) is 18.3 Å². The first-order valence-electron chi connectivity index (χ1n) is 10.7. The second-order valence-electron chi connectivity index (χ2n) is 8.48. The van der Waals surface area contributed by atoms with Crippen molar-refractivity contribution in [3.8, 4) is 0 Å². The number of hydrogen-bond acceptors (Lipinski definition) is 5. The standard InChI is InChI=1S/C22H30ClN5O2/c1-14-12-18(25-17-8-10-30-11-9-17)6-7-20(14)28-13-19(21(24)29)22(27-28)26-16-4-2-15(23)3-5-16/h2-5,13-14,17-18,20,25H,6-12H2,1H3,(H2,24,29)(H,26,27)/t14-,18-,20?/m0/s1. The highest BCUT2D eigenvalue weighted by Gasteiger charge is 2.31. The van der Waals surface area contributed by atoms with Gasteiger partial charge in [-0.2, -0.15) is 5.10 Å². The molecule has 1 aliphatic carbocycles. The van der Waals surface area contributed by atoms with Crippen LogP contribution in [0.5, 0.6) is 0 Å². The first-order valence-corrected chi connectivity index (χ1v) is 11.1. The van der Waals surface area contributed by atoms with E-state index in [0.717, 1.165) is 51.0 Å². The minimum Gasteiger partial charge on any atom is -0.381 e. The van der Waals surface area contributed by atoms with Crippen molar-refractivity contribution in [2.45, 2.75) is 57.2 Å². The number of halogens is 1. The number of nitrogens with one attached hydrogen (secondary N) is 2. The van der Waals surface area contributed by atoms with Crippen molar-refractivity contribution in [2.75, 3.05) is 18.5 Å². The number of nitrogens with zero attached hydrogens (tertiary/aromatic N) is 2. The maximum Gasteiger partial charge on any atom is 0.254 e. The smallest absolute Gasteiger partial charge is 0.254 e. The van der Waals surface area contributed by atoms with Gasteiger partial charge in [0.05, 0.1) is 6.04 Å². The Kier molecular flexibility index (Phi) is 6.61. The number of aromatic nitrogens is 2. The Balaban J connectivity index is 1.44. The van der Waals surface area contributed by atoms with E-state index in [1.165, 1.54) is 0 Å². The molecule has 0 bridgehead atoms. The molecule has 162 valence electrons. The fourth-order valence-electron chi connectivity index (χ4n) is 4.63. The molecule has 30 heavy (non-hydrogen) atoms. The summed E-state index contributed by atoms with van der Waals surface area (Å²) in [7, 11) is 0. The van der Waals surface area contributed by atoms with Crippen molar-refractivity contribution in [1.29, 1.82) is 0 Å². The van der Waals surface area contributed by atoms with Crippen LogP contribution >= 0.6 is 11.6 Å². The molecule has 7 nitrogen and oxygen atoms in total. The number of nitrogens with two attached hydrogens (primary N) is 1. The minimum atomic E-state index is -0.486. The molecule has 2 aromatic rings. The molecule has 1 amide bonds. The van der Waals surface area contributed by atoms with Gasteiger partial charge in [0.1, 0.15) is 5.56 Å². The van der Waals surface area contributed by atoms with Crippen LogP contribution in [0.4, 0.5) is 11.5 Å². The van der Waals surface area contributed by atoms with E-state index in [9.17, 15) is 4.79 Å². The van der Waals surface area contributed by atoms with Gasteiger partial charge >= 0.3 is 0 Å². The summed E-state index contributed by atoms with van der Waals surface area (Å²) in [6, 6.07) is 8.62. The maximum atomic E-state index is 12.0. The molecule has 8 heteroatoms. The number of carbonyl (C=O) groups excluding carboxylic acids is 1. The molecule has 2 fully saturated rings. The van der Waals surface area contributed by atoms with E-state index in [2.05, 4.69) is 17.6 Å².